The first-order valence-electron chi connectivity index (χ1n) is 13.1. The summed E-state index contributed by atoms with van der Waals surface area (Å²) in [6, 6.07) is 34.5. The number of carbonyl (C=O) groups excluding carboxylic acids is 3. The van der Waals surface area contributed by atoms with Gasteiger partial charge in [-0.3, -0.25) is 0 Å². The summed E-state index contributed by atoms with van der Waals surface area (Å²) in [4.78, 5) is 39.4. The lowest BCUT2D eigenvalue weighted by atomic mass is 10.0. The Bertz CT molecular complexity index is 1430. The van der Waals surface area contributed by atoms with Gasteiger partial charge in [0.15, 0.2) is 24.6 Å². The minimum atomic E-state index is -1.26. The van der Waals surface area contributed by atoms with Crippen LogP contribution in [0, 0.1) is 0 Å². The molecule has 4 aromatic rings. The number of hydrogen-bond donors (Lipinski definition) is 0. The van der Waals surface area contributed by atoms with E-state index in [0.717, 1.165) is 5.56 Å². The van der Waals surface area contributed by atoms with Crippen LogP contribution in [0.1, 0.15) is 36.6 Å². The van der Waals surface area contributed by atoms with Crippen LogP contribution < -0.4 is 0 Å². The van der Waals surface area contributed by atoms with E-state index in [1.807, 2.05) is 30.3 Å². The molecule has 0 bridgehead atoms. The van der Waals surface area contributed by atoms with Gasteiger partial charge in [0.05, 0.1) is 29.9 Å². The number of esters is 3. The molecule has 1 aliphatic rings. The minimum absolute atomic E-state index is 0.138. The van der Waals surface area contributed by atoms with E-state index < -0.39 is 42.5 Å². The van der Waals surface area contributed by atoms with Gasteiger partial charge in [-0.25, -0.2) is 14.4 Å². The lowest BCUT2D eigenvalue weighted by Gasteiger charge is -2.40. The number of carbonyl (C=O) groups is 3. The Morgan fingerprint density at radius 1 is 0.561 bits per heavy atom. The molecule has 4 atom stereocenters. The third-order valence-electron chi connectivity index (χ3n) is 6.41. The van der Waals surface area contributed by atoms with Gasteiger partial charge in [-0.15, -0.1) is 0 Å². The zero-order chi connectivity index (χ0) is 28.4. The van der Waals surface area contributed by atoms with E-state index in [1.165, 1.54) is 0 Å². The summed E-state index contributed by atoms with van der Waals surface area (Å²) < 4.78 is 29.6. The van der Waals surface area contributed by atoms with E-state index in [4.69, 9.17) is 23.7 Å². The molecule has 208 valence electrons. The van der Waals surface area contributed by atoms with Crippen molar-refractivity contribution in [2.24, 2.45) is 0 Å². The molecule has 0 unspecified atom stereocenters. The Morgan fingerprint density at radius 2 is 0.976 bits per heavy atom. The molecule has 0 aromatic heterocycles. The number of rotatable bonds is 9. The van der Waals surface area contributed by atoms with Gasteiger partial charge in [0.25, 0.3) is 0 Å². The fourth-order valence-corrected chi connectivity index (χ4v) is 4.32. The van der Waals surface area contributed by atoms with Crippen LogP contribution in [0.3, 0.4) is 0 Å². The van der Waals surface area contributed by atoms with E-state index in [0.29, 0.717) is 5.56 Å². The largest absolute Gasteiger partial charge is 0.452 e. The molecule has 1 aliphatic heterocycles. The van der Waals surface area contributed by atoms with Crippen LogP contribution in [0.4, 0.5) is 0 Å². The van der Waals surface area contributed by atoms with Gasteiger partial charge >= 0.3 is 17.9 Å². The number of benzene rings is 4. The van der Waals surface area contributed by atoms with Gasteiger partial charge in [-0.1, -0.05) is 84.9 Å². The summed E-state index contributed by atoms with van der Waals surface area (Å²) in [6.07, 6.45) is -4.72. The van der Waals surface area contributed by atoms with E-state index in [-0.39, 0.29) is 24.3 Å². The van der Waals surface area contributed by atoms with E-state index in [1.54, 1.807) is 91.0 Å². The fourth-order valence-electron chi connectivity index (χ4n) is 4.32. The van der Waals surface area contributed by atoms with Crippen LogP contribution in [-0.2, 0) is 30.3 Å². The first-order chi connectivity index (χ1) is 20.1. The summed E-state index contributed by atoms with van der Waals surface area (Å²) in [5.74, 6) is -2.00. The van der Waals surface area contributed by atoms with Gasteiger partial charge in [0, 0.05) is 0 Å². The quantitative estimate of drug-likeness (QED) is 0.206. The molecule has 0 radical (unpaired) electrons. The van der Waals surface area contributed by atoms with Crippen LogP contribution in [-0.4, -0.2) is 49.1 Å². The maximum Gasteiger partial charge on any atom is 0.338 e. The van der Waals surface area contributed by atoms with Crippen molar-refractivity contribution in [2.75, 3.05) is 6.61 Å². The molecule has 0 amide bonds. The molecule has 5 rings (SSSR count). The Hall–Kier alpha value is -4.79. The lowest BCUT2D eigenvalue weighted by Crippen LogP contribution is -2.58. The first kappa shape index (κ1) is 27.8. The summed E-state index contributed by atoms with van der Waals surface area (Å²) in [7, 11) is 0. The van der Waals surface area contributed by atoms with Gasteiger partial charge < -0.3 is 23.7 Å². The standard InChI is InChI=1S/C33H28O8/c34-30(24-15-7-2-8-16-24)39-27-22-38-33(37-21-23-13-5-1-6-14-23)29(41-32(36)26-19-11-4-12-20-26)28(27)40-31(35)25-17-9-3-10-18-25/h1-20,27-29,33H,21-22H2/t27-,28-,29-,33-/m1/s1. The van der Waals surface area contributed by atoms with Crippen LogP contribution in [0.2, 0.25) is 0 Å². The molecule has 8 nitrogen and oxygen atoms in total. The number of ether oxygens (including phenoxy) is 5. The lowest BCUT2D eigenvalue weighted by molar-refractivity contribution is -0.271. The Balaban J connectivity index is 1.45. The second kappa shape index (κ2) is 13.5. The summed E-state index contributed by atoms with van der Waals surface area (Å²) in [5, 5.41) is 0. The molecule has 0 aliphatic carbocycles. The molecule has 0 N–H and O–H groups in total. The Kier molecular flexibility index (Phi) is 9.15. The predicted octanol–water partition coefficient (Wildman–Crippen LogP) is 5.24. The van der Waals surface area contributed by atoms with Crippen molar-refractivity contribution in [1.29, 1.82) is 0 Å². The number of hydrogen-bond acceptors (Lipinski definition) is 8. The smallest absolute Gasteiger partial charge is 0.338 e. The molecule has 4 aromatic carbocycles. The van der Waals surface area contributed by atoms with Gasteiger partial charge in [-0.05, 0) is 42.0 Å². The molecule has 1 heterocycles. The second-order valence-electron chi connectivity index (χ2n) is 9.28. The van der Waals surface area contributed by atoms with E-state index in [2.05, 4.69) is 0 Å². The monoisotopic (exact) mass is 552 g/mol. The molecule has 0 spiro atoms. The maximum atomic E-state index is 13.2. The SMILES string of the molecule is O=C(O[C@H]1[C@H](OCc2ccccc2)OC[C@@H](OC(=O)c2ccccc2)[C@H]1OC(=O)c1ccccc1)c1ccccc1. The zero-order valence-corrected chi connectivity index (χ0v) is 22.0. The first-order valence-corrected chi connectivity index (χ1v) is 13.1. The van der Waals surface area contributed by atoms with Crippen LogP contribution >= 0.6 is 0 Å². The van der Waals surface area contributed by atoms with Gasteiger partial charge in [0.1, 0.15) is 0 Å². The van der Waals surface area contributed by atoms with Crippen molar-refractivity contribution in [1.82, 2.24) is 0 Å². The zero-order valence-electron chi connectivity index (χ0n) is 22.0. The third-order valence-corrected chi connectivity index (χ3v) is 6.41. The van der Waals surface area contributed by atoms with Crippen molar-refractivity contribution >= 4 is 17.9 Å². The highest BCUT2D eigenvalue weighted by Gasteiger charge is 2.48. The third kappa shape index (κ3) is 7.25. The average Bonchev–Trinajstić information content (AvgIpc) is 3.03. The summed E-state index contributed by atoms with van der Waals surface area (Å²) in [5.41, 5.74) is 1.73. The van der Waals surface area contributed by atoms with E-state index >= 15 is 0 Å². The Morgan fingerprint density at radius 3 is 1.46 bits per heavy atom. The highest BCUT2D eigenvalue weighted by Crippen LogP contribution is 2.28. The van der Waals surface area contributed by atoms with E-state index in [9.17, 15) is 14.4 Å². The minimum Gasteiger partial charge on any atom is -0.452 e. The molecule has 41 heavy (non-hydrogen) atoms. The normalized spacial score (nSPS) is 20.0. The molecular formula is C33H28O8. The molecule has 1 fully saturated rings. The van der Waals surface area contributed by atoms with Crippen LogP contribution in [0.5, 0.6) is 0 Å². The summed E-state index contributed by atoms with van der Waals surface area (Å²) in [6.45, 7) is -0.0249. The van der Waals surface area contributed by atoms with Gasteiger partial charge in [0.2, 0.25) is 0 Å². The maximum absolute atomic E-state index is 13.2. The predicted molar refractivity (Wildman–Crippen MR) is 148 cm³/mol. The van der Waals surface area contributed by atoms with Crippen molar-refractivity contribution in [3.8, 4) is 0 Å². The van der Waals surface area contributed by atoms with Crippen LogP contribution in [0.15, 0.2) is 121 Å². The van der Waals surface area contributed by atoms with Crippen molar-refractivity contribution in [3.63, 3.8) is 0 Å². The molecule has 8 heteroatoms. The highest BCUT2D eigenvalue weighted by atomic mass is 16.7. The van der Waals surface area contributed by atoms with Gasteiger partial charge in [-0.2, -0.15) is 0 Å². The average molecular weight is 553 g/mol. The second-order valence-corrected chi connectivity index (χ2v) is 9.28. The summed E-state index contributed by atoms with van der Waals surface area (Å²) >= 11 is 0. The fraction of sp³-hybridized carbons (Fsp3) is 0.182. The van der Waals surface area contributed by atoms with Crippen molar-refractivity contribution < 1.29 is 38.1 Å². The van der Waals surface area contributed by atoms with Crippen LogP contribution in [0.25, 0.3) is 0 Å². The molecular weight excluding hydrogens is 524 g/mol. The highest BCUT2D eigenvalue weighted by molar-refractivity contribution is 5.91. The molecule has 0 saturated carbocycles. The molecule has 1 saturated heterocycles. The van der Waals surface area contributed by atoms with Crippen molar-refractivity contribution in [2.45, 2.75) is 31.2 Å². The van der Waals surface area contributed by atoms with Crippen molar-refractivity contribution in [3.05, 3.63) is 144 Å². The topological polar surface area (TPSA) is 97.4 Å². The Labute approximate surface area is 237 Å².